The Balaban J connectivity index is 2.40. The third kappa shape index (κ3) is 1.21. The van der Waals surface area contributed by atoms with Crippen LogP contribution in [-0.4, -0.2) is 15.2 Å². The number of rotatable bonds is 0. The van der Waals surface area contributed by atoms with Crippen molar-refractivity contribution >= 4 is 32.6 Å². The van der Waals surface area contributed by atoms with Gasteiger partial charge in [-0.1, -0.05) is 34.1 Å². The molecule has 2 nitrogen and oxygen atoms in total. The van der Waals surface area contributed by atoms with Gasteiger partial charge in [-0.05, 0) is 18.9 Å². The van der Waals surface area contributed by atoms with Crippen LogP contribution in [0.5, 0.6) is 0 Å². The van der Waals surface area contributed by atoms with Crippen LogP contribution in [0.4, 0.5) is 0 Å². The first-order valence-electron chi connectivity index (χ1n) is 5.44. The average Bonchev–Trinajstić information content (AvgIpc) is 2.59. The van der Waals surface area contributed by atoms with E-state index in [9.17, 15) is 4.79 Å². The maximum Gasteiger partial charge on any atom is 0.178 e. The number of carbonyl (C=O) groups is 1. The quantitative estimate of drug-likeness (QED) is 0.679. The molecule has 1 heterocycles. The first kappa shape index (κ1) is 10.1. The summed E-state index contributed by atoms with van der Waals surface area (Å²) in [6.07, 6.45) is 1.87. The number of aryl methyl sites for hydroxylation is 1. The molecule has 16 heavy (non-hydrogen) atoms. The molecule has 1 aliphatic rings. The van der Waals surface area contributed by atoms with Gasteiger partial charge in [0.25, 0.3) is 0 Å². The van der Waals surface area contributed by atoms with Crippen molar-refractivity contribution in [2.45, 2.75) is 17.7 Å². The minimum Gasteiger partial charge on any atom is -0.347 e. The lowest BCUT2D eigenvalue weighted by Crippen LogP contribution is -2.22. The number of benzene rings is 1. The second-order valence-electron chi connectivity index (χ2n) is 4.27. The van der Waals surface area contributed by atoms with Crippen molar-refractivity contribution in [3.8, 4) is 0 Å². The number of ketones is 1. The third-order valence-electron chi connectivity index (χ3n) is 3.39. The number of nitrogens with zero attached hydrogens (tertiary/aromatic N) is 1. The maximum atomic E-state index is 12.2. The highest BCUT2D eigenvalue weighted by molar-refractivity contribution is 9.10. The number of halogens is 1. The third-order valence-corrected chi connectivity index (χ3v) is 4.27. The van der Waals surface area contributed by atoms with Crippen LogP contribution in [0.3, 0.4) is 0 Å². The molecule has 0 amide bonds. The Hall–Kier alpha value is -1.09. The molecule has 1 aromatic carbocycles. The van der Waals surface area contributed by atoms with Crippen molar-refractivity contribution < 1.29 is 4.79 Å². The van der Waals surface area contributed by atoms with E-state index >= 15 is 0 Å². The first-order valence-corrected chi connectivity index (χ1v) is 6.36. The summed E-state index contributed by atoms with van der Waals surface area (Å²) < 4.78 is 2.15. The second-order valence-corrected chi connectivity index (χ2v) is 5.37. The number of hydrogen-bond acceptors (Lipinski definition) is 1. The van der Waals surface area contributed by atoms with Crippen molar-refractivity contribution in [3.63, 3.8) is 0 Å². The smallest absolute Gasteiger partial charge is 0.178 e. The van der Waals surface area contributed by atoms with Crippen LogP contribution < -0.4 is 0 Å². The Morgan fingerprint density at radius 2 is 2.12 bits per heavy atom. The van der Waals surface area contributed by atoms with Gasteiger partial charge in [-0.15, -0.1) is 0 Å². The normalized spacial score (nSPS) is 20.1. The van der Waals surface area contributed by atoms with E-state index in [1.54, 1.807) is 0 Å². The van der Waals surface area contributed by atoms with E-state index in [0.717, 1.165) is 29.3 Å². The Labute approximate surface area is 102 Å². The van der Waals surface area contributed by atoms with Gasteiger partial charge in [-0.25, -0.2) is 0 Å². The molecule has 0 saturated carbocycles. The van der Waals surface area contributed by atoms with Gasteiger partial charge in [-0.3, -0.25) is 4.79 Å². The van der Waals surface area contributed by atoms with Gasteiger partial charge < -0.3 is 4.57 Å². The highest BCUT2D eigenvalue weighted by Gasteiger charge is 2.29. The molecular weight excluding hydrogens is 266 g/mol. The van der Waals surface area contributed by atoms with Crippen molar-refractivity contribution in [1.29, 1.82) is 0 Å². The largest absolute Gasteiger partial charge is 0.347 e. The highest BCUT2D eigenvalue weighted by atomic mass is 79.9. The highest BCUT2D eigenvalue weighted by Crippen LogP contribution is 2.33. The molecule has 3 rings (SSSR count). The fraction of sp³-hybridized carbons (Fsp3) is 0.308. The number of carbonyl (C=O) groups excluding carboxylic acids is 1. The number of aromatic nitrogens is 1. The SMILES string of the molecule is Cn1c2c(c3ccccc31)C(=O)C(Br)CC2. The van der Waals surface area contributed by atoms with E-state index in [-0.39, 0.29) is 10.6 Å². The van der Waals surface area contributed by atoms with Crippen LogP contribution in [0.15, 0.2) is 24.3 Å². The van der Waals surface area contributed by atoms with Gasteiger partial charge in [0.15, 0.2) is 5.78 Å². The predicted octanol–water partition coefficient (Wildman–Crippen LogP) is 3.07. The van der Waals surface area contributed by atoms with Crippen LogP contribution in [0.25, 0.3) is 10.9 Å². The van der Waals surface area contributed by atoms with Gasteiger partial charge >= 0.3 is 0 Å². The fourth-order valence-electron chi connectivity index (χ4n) is 2.56. The van der Waals surface area contributed by atoms with Crippen molar-refractivity contribution in [3.05, 3.63) is 35.5 Å². The molecular formula is C13H12BrNO. The van der Waals surface area contributed by atoms with E-state index in [1.807, 2.05) is 25.2 Å². The summed E-state index contributed by atoms with van der Waals surface area (Å²) in [7, 11) is 2.04. The monoisotopic (exact) mass is 277 g/mol. The van der Waals surface area contributed by atoms with Crippen molar-refractivity contribution in [2.75, 3.05) is 0 Å². The number of Topliss-reactive ketones (excluding diaryl/α,β-unsaturated/α-hetero) is 1. The summed E-state index contributed by atoms with van der Waals surface area (Å²) in [5.74, 6) is 0.234. The lowest BCUT2D eigenvalue weighted by molar-refractivity contribution is 0.0982. The summed E-state index contributed by atoms with van der Waals surface area (Å²) in [4.78, 5) is 12.2. The summed E-state index contributed by atoms with van der Waals surface area (Å²) >= 11 is 3.46. The molecule has 1 aromatic heterocycles. The summed E-state index contributed by atoms with van der Waals surface area (Å²) in [6, 6.07) is 8.12. The zero-order valence-corrected chi connectivity index (χ0v) is 10.6. The van der Waals surface area contributed by atoms with Gasteiger partial charge in [0, 0.05) is 29.2 Å². The van der Waals surface area contributed by atoms with Gasteiger partial charge in [-0.2, -0.15) is 0 Å². The van der Waals surface area contributed by atoms with Crippen molar-refractivity contribution in [2.24, 2.45) is 7.05 Å². The maximum absolute atomic E-state index is 12.2. The Morgan fingerprint density at radius 3 is 2.94 bits per heavy atom. The van der Waals surface area contributed by atoms with Crippen molar-refractivity contribution in [1.82, 2.24) is 4.57 Å². The zero-order chi connectivity index (χ0) is 11.3. The number of fused-ring (bicyclic) bond motifs is 3. The molecule has 0 radical (unpaired) electrons. The molecule has 3 heteroatoms. The first-order chi connectivity index (χ1) is 7.70. The topological polar surface area (TPSA) is 22.0 Å². The molecule has 0 fully saturated rings. The van der Waals surface area contributed by atoms with E-state index in [4.69, 9.17) is 0 Å². The molecule has 0 spiro atoms. The molecule has 1 aliphatic carbocycles. The Bertz CT molecular complexity index is 585. The predicted molar refractivity (Wildman–Crippen MR) is 68.3 cm³/mol. The average molecular weight is 278 g/mol. The minimum atomic E-state index is -0.00851. The molecule has 1 unspecified atom stereocenters. The minimum absolute atomic E-state index is 0.00851. The molecule has 1 atom stereocenters. The molecule has 0 saturated heterocycles. The number of para-hydroxylation sites is 1. The fourth-order valence-corrected chi connectivity index (χ4v) is 3.02. The lowest BCUT2D eigenvalue weighted by Gasteiger charge is -2.17. The molecule has 0 N–H and O–H groups in total. The van der Waals surface area contributed by atoms with E-state index < -0.39 is 0 Å². The Morgan fingerprint density at radius 1 is 1.38 bits per heavy atom. The van der Waals surface area contributed by atoms with Crippen LogP contribution in [0.2, 0.25) is 0 Å². The van der Waals surface area contributed by atoms with Crippen LogP contribution in [-0.2, 0) is 13.5 Å². The van der Waals surface area contributed by atoms with Crippen LogP contribution in [0.1, 0.15) is 22.5 Å². The molecule has 0 aliphatic heterocycles. The molecule has 82 valence electrons. The van der Waals surface area contributed by atoms with Gasteiger partial charge in [0.2, 0.25) is 0 Å². The zero-order valence-electron chi connectivity index (χ0n) is 9.03. The second kappa shape index (κ2) is 3.45. The molecule has 0 bridgehead atoms. The number of alkyl halides is 1. The van der Waals surface area contributed by atoms with Gasteiger partial charge in [0.05, 0.1) is 4.83 Å². The number of hydrogen-bond donors (Lipinski definition) is 0. The molecule has 2 aromatic rings. The standard InChI is InChI=1S/C13H12BrNO/c1-15-10-5-3-2-4-8(10)12-11(15)7-6-9(14)13(12)16/h2-5,9H,6-7H2,1H3. The summed E-state index contributed by atoms with van der Waals surface area (Å²) in [5, 5.41) is 1.09. The van der Waals surface area contributed by atoms with E-state index in [2.05, 4.69) is 26.6 Å². The lowest BCUT2D eigenvalue weighted by atomic mass is 9.94. The van der Waals surface area contributed by atoms with Crippen LogP contribution in [0, 0.1) is 0 Å². The summed E-state index contributed by atoms with van der Waals surface area (Å²) in [5.41, 5.74) is 3.26. The van der Waals surface area contributed by atoms with E-state index in [0.29, 0.717) is 0 Å². The Kier molecular flexibility index (Phi) is 2.18. The van der Waals surface area contributed by atoms with Crippen LogP contribution >= 0.6 is 15.9 Å². The summed E-state index contributed by atoms with van der Waals surface area (Å²) in [6.45, 7) is 0. The van der Waals surface area contributed by atoms with E-state index in [1.165, 1.54) is 5.69 Å². The van der Waals surface area contributed by atoms with Gasteiger partial charge in [0.1, 0.15) is 0 Å².